The van der Waals surface area contributed by atoms with Crippen LogP contribution in [0.4, 0.5) is 19.6 Å². The lowest BCUT2D eigenvalue weighted by atomic mass is 10.2. The van der Waals surface area contributed by atoms with Gasteiger partial charge < -0.3 is 10.4 Å². The molecule has 0 saturated heterocycles. The van der Waals surface area contributed by atoms with Crippen molar-refractivity contribution in [2.24, 2.45) is 0 Å². The molecule has 2 N–H and O–H groups in total. The fraction of sp³-hybridized carbons (Fsp3) is 0.167. The van der Waals surface area contributed by atoms with E-state index < -0.39 is 17.6 Å². The maximum absolute atomic E-state index is 13.6. The molecule has 0 aliphatic rings. The highest BCUT2D eigenvalue weighted by molar-refractivity contribution is 7.15. The van der Waals surface area contributed by atoms with E-state index >= 15 is 0 Å². The number of hydrogen-bond acceptors (Lipinski definition) is 4. The molecule has 0 aliphatic carbocycles. The highest BCUT2D eigenvalue weighted by Crippen LogP contribution is 2.27. The molecule has 4 nitrogen and oxygen atoms in total. The number of carboxylic acids is 1. The van der Waals surface area contributed by atoms with Gasteiger partial charge in [-0.05, 0) is 25.5 Å². The van der Waals surface area contributed by atoms with Crippen LogP contribution in [0.25, 0.3) is 0 Å². The van der Waals surface area contributed by atoms with Crippen LogP contribution < -0.4 is 5.32 Å². The Bertz CT molecular complexity index is 655. The van der Waals surface area contributed by atoms with Crippen LogP contribution >= 0.6 is 11.3 Å². The van der Waals surface area contributed by atoms with Crippen molar-refractivity contribution in [2.45, 2.75) is 13.8 Å². The Morgan fingerprint density at radius 1 is 1.32 bits per heavy atom. The number of rotatable bonds is 3. The zero-order chi connectivity index (χ0) is 14.2. The van der Waals surface area contributed by atoms with E-state index in [4.69, 9.17) is 5.11 Å². The standard InChI is InChI=1S/C12H10F2N2O2S/c1-5-3-8(14)9(4-7(5)13)15-12-16-10(11(17)18)6(2)19-12/h3-4H,1-2H3,(H,15,16)(H,17,18). The van der Waals surface area contributed by atoms with Crippen LogP contribution in [-0.2, 0) is 0 Å². The van der Waals surface area contributed by atoms with Gasteiger partial charge >= 0.3 is 5.97 Å². The molecule has 1 aromatic carbocycles. The molecule has 1 heterocycles. The molecule has 0 aliphatic heterocycles. The first-order valence-electron chi connectivity index (χ1n) is 5.32. The molecule has 0 atom stereocenters. The summed E-state index contributed by atoms with van der Waals surface area (Å²) in [5.41, 5.74) is 0.0267. The number of hydrogen-bond donors (Lipinski definition) is 2. The Labute approximate surface area is 111 Å². The molecule has 1 aromatic heterocycles. The molecule has 0 amide bonds. The summed E-state index contributed by atoms with van der Waals surface area (Å²) in [5.74, 6) is -2.32. The zero-order valence-electron chi connectivity index (χ0n) is 10.1. The van der Waals surface area contributed by atoms with Gasteiger partial charge in [-0.1, -0.05) is 0 Å². The van der Waals surface area contributed by atoms with Gasteiger partial charge in [0.2, 0.25) is 0 Å². The Kier molecular flexibility index (Phi) is 3.48. The van der Waals surface area contributed by atoms with Gasteiger partial charge in [0.15, 0.2) is 10.8 Å². The molecule has 0 fully saturated rings. The minimum Gasteiger partial charge on any atom is -0.476 e. The first-order chi connectivity index (χ1) is 8.88. The average molecular weight is 284 g/mol. The van der Waals surface area contributed by atoms with E-state index in [9.17, 15) is 13.6 Å². The van der Waals surface area contributed by atoms with Crippen molar-refractivity contribution >= 4 is 28.1 Å². The summed E-state index contributed by atoms with van der Waals surface area (Å²) >= 11 is 1.06. The second-order valence-corrected chi connectivity index (χ2v) is 5.14. The Morgan fingerprint density at radius 2 is 2.00 bits per heavy atom. The quantitative estimate of drug-likeness (QED) is 0.905. The number of nitrogens with zero attached hydrogens (tertiary/aromatic N) is 1. The minimum absolute atomic E-state index is 0.0752. The summed E-state index contributed by atoms with van der Waals surface area (Å²) in [4.78, 5) is 15.1. The van der Waals surface area contributed by atoms with Crippen molar-refractivity contribution in [3.05, 3.63) is 39.9 Å². The summed E-state index contributed by atoms with van der Waals surface area (Å²) in [6.45, 7) is 3.05. The summed E-state index contributed by atoms with van der Waals surface area (Å²) in [5, 5.41) is 11.7. The molecule has 0 spiro atoms. The normalized spacial score (nSPS) is 10.5. The largest absolute Gasteiger partial charge is 0.476 e. The van der Waals surface area contributed by atoms with Gasteiger partial charge in [0.25, 0.3) is 0 Å². The van der Waals surface area contributed by atoms with Crippen LogP contribution in [0, 0.1) is 25.5 Å². The predicted molar refractivity (Wildman–Crippen MR) is 68.2 cm³/mol. The topological polar surface area (TPSA) is 62.2 Å². The number of thiazole rings is 1. The van der Waals surface area contributed by atoms with Crippen molar-refractivity contribution < 1.29 is 18.7 Å². The fourth-order valence-electron chi connectivity index (χ4n) is 1.51. The Morgan fingerprint density at radius 3 is 2.58 bits per heavy atom. The Hall–Kier alpha value is -2.02. The highest BCUT2D eigenvalue weighted by atomic mass is 32.1. The second-order valence-electron chi connectivity index (χ2n) is 3.94. The van der Waals surface area contributed by atoms with E-state index in [-0.39, 0.29) is 22.1 Å². The van der Waals surface area contributed by atoms with Crippen LogP contribution in [0.2, 0.25) is 0 Å². The SMILES string of the molecule is Cc1cc(F)c(Nc2nc(C(=O)O)c(C)s2)cc1F. The third-order valence-electron chi connectivity index (χ3n) is 2.49. The minimum atomic E-state index is -1.16. The molecule has 0 saturated carbocycles. The first kappa shape index (κ1) is 13.4. The molecule has 100 valence electrons. The molecule has 0 radical (unpaired) electrons. The fourth-order valence-corrected chi connectivity index (χ4v) is 2.32. The summed E-state index contributed by atoms with van der Waals surface area (Å²) < 4.78 is 27.0. The molecule has 19 heavy (non-hydrogen) atoms. The van der Waals surface area contributed by atoms with Gasteiger partial charge in [-0.3, -0.25) is 0 Å². The van der Waals surface area contributed by atoms with Crippen LogP contribution in [0.5, 0.6) is 0 Å². The molecule has 7 heteroatoms. The molecule has 2 aromatic rings. The zero-order valence-corrected chi connectivity index (χ0v) is 10.9. The molecular weight excluding hydrogens is 274 g/mol. The lowest BCUT2D eigenvalue weighted by Gasteiger charge is -2.05. The smallest absolute Gasteiger partial charge is 0.355 e. The summed E-state index contributed by atoms with van der Waals surface area (Å²) in [6, 6.07) is 2.08. The van der Waals surface area contributed by atoms with Crippen molar-refractivity contribution in [1.29, 1.82) is 0 Å². The van der Waals surface area contributed by atoms with E-state index in [1.54, 1.807) is 6.92 Å². The van der Waals surface area contributed by atoms with Gasteiger partial charge in [-0.2, -0.15) is 0 Å². The molecular formula is C12H10F2N2O2S. The second kappa shape index (κ2) is 4.93. The number of benzene rings is 1. The lowest BCUT2D eigenvalue weighted by molar-refractivity contribution is 0.0690. The summed E-state index contributed by atoms with van der Waals surface area (Å²) in [7, 11) is 0. The number of aromatic nitrogens is 1. The third kappa shape index (κ3) is 2.70. The molecule has 0 bridgehead atoms. The van der Waals surface area contributed by atoms with Gasteiger partial charge in [0.1, 0.15) is 11.6 Å². The monoisotopic (exact) mass is 284 g/mol. The van der Waals surface area contributed by atoms with Gasteiger partial charge in [-0.15, -0.1) is 11.3 Å². The predicted octanol–water partition coefficient (Wildman–Crippen LogP) is 3.48. The van der Waals surface area contributed by atoms with Crippen molar-refractivity contribution in [1.82, 2.24) is 4.98 Å². The number of carbonyl (C=O) groups is 1. The van der Waals surface area contributed by atoms with Gasteiger partial charge in [0, 0.05) is 10.9 Å². The molecule has 0 unspecified atom stereocenters. The number of anilines is 2. The van der Waals surface area contributed by atoms with Gasteiger partial charge in [0.05, 0.1) is 5.69 Å². The average Bonchev–Trinajstić information content (AvgIpc) is 2.67. The maximum Gasteiger partial charge on any atom is 0.355 e. The number of halogens is 2. The van der Waals surface area contributed by atoms with Crippen LogP contribution in [-0.4, -0.2) is 16.1 Å². The number of nitrogens with one attached hydrogen (secondary N) is 1. The van der Waals surface area contributed by atoms with E-state index in [2.05, 4.69) is 10.3 Å². The molecule has 2 rings (SSSR count). The number of aryl methyl sites for hydroxylation is 2. The van der Waals surface area contributed by atoms with Crippen molar-refractivity contribution in [3.8, 4) is 0 Å². The van der Waals surface area contributed by atoms with Gasteiger partial charge in [-0.25, -0.2) is 18.6 Å². The summed E-state index contributed by atoms with van der Waals surface area (Å²) in [6.07, 6.45) is 0. The Balaban J connectivity index is 2.34. The third-order valence-corrected chi connectivity index (χ3v) is 3.38. The van der Waals surface area contributed by atoms with E-state index in [1.807, 2.05) is 0 Å². The van der Waals surface area contributed by atoms with Crippen molar-refractivity contribution in [3.63, 3.8) is 0 Å². The van der Waals surface area contributed by atoms with E-state index in [1.165, 1.54) is 6.92 Å². The van der Waals surface area contributed by atoms with Crippen LogP contribution in [0.1, 0.15) is 20.9 Å². The maximum atomic E-state index is 13.6. The van der Waals surface area contributed by atoms with Crippen LogP contribution in [0.3, 0.4) is 0 Å². The van der Waals surface area contributed by atoms with Crippen molar-refractivity contribution in [2.75, 3.05) is 5.32 Å². The number of aromatic carboxylic acids is 1. The van der Waals surface area contributed by atoms with E-state index in [0.717, 1.165) is 23.5 Å². The highest BCUT2D eigenvalue weighted by Gasteiger charge is 2.15. The lowest BCUT2D eigenvalue weighted by Crippen LogP contribution is -2.00. The first-order valence-corrected chi connectivity index (χ1v) is 6.13. The number of carboxylic acid groups (broad SMARTS) is 1. The van der Waals surface area contributed by atoms with E-state index in [0.29, 0.717) is 4.88 Å². The van der Waals surface area contributed by atoms with Crippen LogP contribution in [0.15, 0.2) is 12.1 Å².